The number of carboxylic acid groups (broad SMARTS) is 1. The Morgan fingerprint density at radius 3 is 3.00 bits per heavy atom. The van der Waals surface area contributed by atoms with Gasteiger partial charge in [-0.15, -0.1) is 11.8 Å². The Labute approximate surface area is 97.0 Å². The van der Waals surface area contributed by atoms with Gasteiger partial charge in [0.05, 0.1) is 17.4 Å². The molecule has 0 aromatic heterocycles. The smallest absolute Gasteiger partial charge is 0.307 e. The number of benzene rings is 1. The lowest BCUT2D eigenvalue weighted by molar-refractivity contribution is -0.136. The molecule has 1 amide bonds. The lowest BCUT2D eigenvalue weighted by Crippen LogP contribution is -2.26. The van der Waals surface area contributed by atoms with E-state index in [2.05, 4.69) is 5.32 Å². The maximum absolute atomic E-state index is 11.4. The summed E-state index contributed by atoms with van der Waals surface area (Å²) < 4.78 is 0. The number of amides is 1. The molecule has 1 unspecified atom stereocenters. The van der Waals surface area contributed by atoms with Gasteiger partial charge in [0, 0.05) is 4.90 Å². The third kappa shape index (κ3) is 2.19. The van der Waals surface area contributed by atoms with Crippen LogP contribution in [0, 0.1) is 0 Å². The maximum Gasteiger partial charge on any atom is 0.307 e. The highest BCUT2D eigenvalue weighted by atomic mass is 32.2. The van der Waals surface area contributed by atoms with Crippen LogP contribution in [0.1, 0.15) is 12.5 Å². The van der Waals surface area contributed by atoms with Crippen molar-refractivity contribution in [1.29, 1.82) is 0 Å². The molecule has 1 aliphatic heterocycles. The number of thioether (sulfide) groups is 1. The summed E-state index contributed by atoms with van der Waals surface area (Å²) in [6, 6.07) is 5.30. The number of rotatable bonds is 2. The summed E-state index contributed by atoms with van der Waals surface area (Å²) in [7, 11) is 0. The number of aliphatic carboxylic acids is 1. The van der Waals surface area contributed by atoms with Gasteiger partial charge in [-0.2, -0.15) is 0 Å². The lowest BCUT2D eigenvalue weighted by atomic mass is 10.1. The van der Waals surface area contributed by atoms with Gasteiger partial charge in [0.25, 0.3) is 0 Å². The first-order valence-electron chi connectivity index (χ1n) is 4.88. The quantitative estimate of drug-likeness (QED) is 0.822. The molecule has 2 N–H and O–H groups in total. The van der Waals surface area contributed by atoms with Crippen LogP contribution in [0.4, 0.5) is 5.69 Å². The van der Waals surface area contributed by atoms with Gasteiger partial charge >= 0.3 is 5.97 Å². The molecule has 0 spiro atoms. The molecule has 0 saturated heterocycles. The van der Waals surface area contributed by atoms with Gasteiger partial charge in [0.2, 0.25) is 5.91 Å². The molecule has 84 valence electrons. The zero-order valence-corrected chi connectivity index (χ0v) is 9.50. The van der Waals surface area contributed by atoms with Crippen molar-refractivity contribution < 1.29 is 14.7 Å². The van der Waals surface area contributed by atoms with E-state index < -0.39 is 5.97 Å². The van der Waals surface area contributed by atoms with Crippen molar-refractivity contribution >= 4 is 29.3 Å². The number of carbonyl (C=O) groups is 2. The molecule has 1 atom stereocenters. The fraction of sp³-hybridized carbons (Fsp3) is 0.273. The molecular weight excluding hydrogens is 226 g/mol. The van der Waals surface area contributed by atoms with E-state index in [0.29, 0.717) is 0 Å². The van der Waals surface area contributed by atoms with E-state index in [1.54, 1.807) is 12.1 Å². The predicted molar refractivity (Wildman–Crippen MR) is 61.7 cm³/mol. The van der Waals surface area contributed by atoms with Crippen LogP contribution in [0.2, 0.25) is 0 Å². The second-order valence-electron chi connectivity index (χ2n) is 3.65. The van der Waals surface area contributed by atoms with Crippen LogP contribution >= 0.6 is 11.8 Å². The fourth-order valence-electron chi connectivity index (χ4n) is 1.53. The second-order valence-corrected chi connectivity index (χ2v) is 5.03. The third-order valence-corrected chi connectivity index (χ3v) is 3.49. The highest BCUT2D eigenvalue weighted by molar-refractivity contribution is 8.00. The van der Waals surface area contributed by atoms with E-state index in [1.165, 1.54) is 11.8 Å². The van der Waals surface area contributed by atoms with E-state index in [-0.39, 0.29) is 17.6 Å². The largest absolute Gasteiger partial charge is 0.481 e. The Bertz CT molecular complexity index is 459. The van der Waals surface area contributed by atoms with Gasteiger partial charge in [-0.25, -0.2) is 0 Å². The molecule has 4 nitrogen and oxygen atoms in total. The van der Waals surface area contributed by atoms with Crippen LogP contribution in [-0.4, -0.2) is 22.2 Å². The highest BCUT2D eigenvalue weighted by Crippen LogP contribution is 2.35. The van der Waals surface area contributed by atoms with Crippen molar-refractivity contribution in [2.45, 2.75) is 23.5 Å². The average molecular weight is 237 g/mol. The molecule has 1 heterocycles. The minimum absolute atomic E-state index is 0.0101. The van der Waals surface area contributed by atoms with Crippen LogP contribution in [0.5, 0.6) is 0 Å². The first-order chi connectivity index (χ1) is 7.56. The first kappa shape index (κ1) is 11.0. The Kier molecular flexibility index (Phi) is 2.87. The number of nitrogens with one attached hydrogen (secondary N) is 1. The number of hydrogen-bond donors (Lipinski definition) is 2. The zero-order valence-electron chi connectivity index (χ0n) is 8.69. The number of carboxylic acids is 1. The third-order valence-electron chi connectivity index (χ3n) is 2.33. The predicted octanol–water partition coefficient (Wildman–Crippen LogP) is 1.75. The maximum atomic E-state index is 11.4. The summed E-state index contributed by atoms with van der Waals surface area (Å²) in [4.78, 5) is 22.9. The van der Waals surface area contributed by atoms with Crippen LogP contribution < -0.4 is 5.32 Å². The molecule has 0 fully saturated rings. The van der Waals surface area contributed by atoms with Crippen molar-refractivity contribution in [2.75, 3.05) is 5.32 Å². The van der Waals surface area contributed by atoms with Gasteiger partial charge < -0.3 is 10.4 Å². The summed E-state index contributed by atoms with van der Waals surface area (Å²) in [5, 5.41) is 11.3. The average Bonchev–Trinajstić information content (AvgIpc) is 2.19. The number of anilines is 1. The van der Waals surface area contributed by atoms with Crippen molar-refractivity contribution in [3.8, 4) is 0 Å². The van der Waals surface area contributed by atoms with Crippen LogP contribution in [0.3, 0.4) is 0 Å². The number of fused-ring (bicyclic) bond motifs is 1. The Morgan fingerprint density at radius 2 is 2.31 bits per heavy atom. The molecule has 0 aliphatic carbocycles. The molecule has 1 aromatic rings. The first-order valence-corrected chi connectivity index (χ1v) is 5.76. The Balaban J connectivity index is 2.29. The topological polar surface area (TPSA) is 66.4 Å². The van der Waals surface area contributed by atoms with Crippen LogP contribution in [0.25, 0.3) is 0 Å². The highest BCUT2D eigenvalue weighted by Gasteiger charge is 2.23. The van der Waals surface area contributed by atoms with Gasteiger partial charge in [0.1, 0.15) is 0 Å². The molecule has 0 saturated carbocycles. The molecule has 0 bridgehead atoms. The molecule has 16 heavy (non-hydrogen) atoms. The standard InChI is InChI=1S/C11H11NO3S/c1-6-11(15)12-8-3-2-7(5-10(13)14)4-9(8)16-6/h2-4,6H,5H2,1H3,(H,12,15)(H,13,14). The molecule has 0 radical (unpaired) electrons. The van der Waals surface area contributed by atoms with E-state index >= 15 is 0 Å². The van der Waals surface area contributed by atoms with Gasteiger partial charge in [0.15, 0.2) is 0 Å². The minimum Gasteiger partial charge on any atom is -0.481 e. The van der Waals surface area contributed by atoms with Gasteiger partial charge in [-0.3, -0.25) is 9.59 Å². The summed E-state index contributed by atoms with van der Waals surface area (Å²) in [6.45, 7) is 1.83. The molecule has 1 aromatic carbocycles. The van der Waals surface area contributed by atoms with Gasteiger partial charge in [-0.05, 0) is 24.6 Å². The van der Waals surface area contributed by atoms with E-state index in [1.807, 2.05) is 13.0 Å². The monoisotopic (exact) mass is 237 g/mol. The fourth-order valence-corrected chi connectivity index (χ4v) is 2.54. The Hall–Kier alpha value is -1.49. The van der Waals surface area contributed by atoms with Crippen LogP contribution in [-0.2, 0) is 16.0 Å². The molecule has 5 heteroatoms. The van der Waals surface area contributed by atoms with E-state index in [0.717, 1.165) is 16.1 Å². The van der Waals surface area contributed by atoms with E-state index in [9.17, 15) is 9.59 Å². The van der Waals surface area contributed by atoms with E-state index in [4.69, 9.17) is 5.11 Å². The van der Waals surface area contributed by atoms with Crippen molar-refractivity contribution in [3.05, 3.63) is 23.8 Å². The van der Waals surface area contributed by atoms with Crippen LogP contribution in [0.15, 0.2) is 23.1 Å². The zero-order chi connectivity index (χ0) is 11.7. The SMILES string of the molecule is CC1Sc2cc(CC(=O)O)ccc2NC1=O. The molecule has 2 rings (SSSR count). The molecular formula is C11H11NO3S. The van der Waals surface area contributed by atoms with Crippen molar-refractivity contribution in [2.24, 2.45) is 0 Å². The van der Waals surface area contributed by atoms with Crippen molar-refractivity contribution in [1.82, 2.24) is 0 Å². The Morgan fingerprint density at radius 1 is 1.56 bits per heavy atom. The van der Waals surface area contributed by atoms with Gasteiger partial charge in [-0.1, -0.05) is 6.07 Å². The summed E-state index contributed by atoms with van der Waals surface area (Å²) >= 11 is 1.46. The summed E-state index contributed by atoms with van der Waals surface area (Å²) in [5.41, 5.74) is 1.52. The summed E-state index contributed by atoms with van der Waals surface area (Å²) in [5.74, 6) is -0.860. The minimum atomic E-state index is -0.849. The second kappa shape index (κ2) is 4.17. The number of carbonyl (C=O) groups excluding carboxylic acids is 1. The summed E-state index contributed by atoms with van der Waals surface area (Å²) in [6.07, 6.45) is 0.0101. The number of hydrogen-bond acceptors (Lipinski definition) is 3. The molecule has 1 aliphatic rings. The lowest BCUT2D eigenvalue weighted by Gasteiger charge is -2.21. The normalized spacial score (nSPS) is 18.8. The van der Waals surface area contributed by atoms with Crippen molar-refractivity contribution in [3.63, 3.8) is 0 Å².